The molecule has 4 N–H and O–H groups in total. The molecule has 0 bridgehead atoms. The second-order valence-electron chi connectivity index (χ2n) is 4.70. The standard InChI is InChI=1S/C12H21N5/c1-9-10(8-15-17-9)7-14-12(13)16-11-5-3-2-4-6-11/h8,11H,2-7H2,1H3,(H,15,17)(H3,13,14,16). The Labute approximate surface area is 102 Å². The zero-order valence-electron chi connectivity index (χ0n) is 10.4. The van der Waals surface area contributed by atoms with Crippen LogP contribution in [0.3, 0.4) is 0 Å². The van der Waals surface area contributed by atoms with E-state index in [-0.39, 0.29) is 0 Å². The lowest BCUT2D eigenvalue weighted by atomic mass is 9.96. The van der Waals surface area contributed by atoms with Gasteiger partial charge in [-0.3, -0.25) is 5.10 Å². The predicted octanol–water partition coefficient (Wildman–Crippen LogP) is 1.46. The average molecular weight is 235 g/mol. The van der Waals surface area contributed by atoms with Gasteiger partial charge in [0.05, 0.1) is 12.7 Å². The van der Waals surface area contributed by atoms with E-state index in [0.29, 0.717) is 18.5 Å². The summed E-state index contributed by atoms with van der Waals surface area (Å²) in [7, 11) is 0. The smallest absolute Gasteiger partial charge is 0.189 e. The number of rotatable bonds is 3. The summed E-state index contributed by atoms with van der Waals surface area (Å²) in [6, 6.07) is 0.512. The van der Waals surface area contributed by atoms with Crippen LogP contribution in [0.25, 0.3) is 0 Å². The third-order valence-corrected chi connectivity index (χ3v) is 3.31. The number of nitrogens with zero attached hydrogens (tertiary/aromatic N) is 2. The van der Waals surface area contributed by atoms with E-state index in [2.05, 4.69) is 20.5 Å². The molecule has 1 aliphatic carbocycles. The fraction of sp³-hybridized carbons (Fsp3) is 0.667. The highest BCUT2D eigenvalue weighted by molar-refractivity contribution is 5.78. The molecule has 1 heterocycles. The van der Waals surface area contributed by atoms with Gasteiger partial charge in [0.15, 0.2) is 5.96 Å². The van der Waals surface area contributed by atoms with E-state index in [0.717, 1.165) is 11.3 Å². The van der Waals surface area contributed by atoms with Crippen molar-refractivity contribution in [3.05, 3.63) is 17.5 Å². The summed E-state index contributed by atoms with van der Waals surface area (Å²) >= 11 is 0. The summed E-state index contributed by atoms with van der Waals surface area (Å²) in [6.45, 7) is 2.58. The summed E-state index contributed by atoms with van der Waals surface area (Å²) in [5.74, 6) is 0.553. The molecule has 1 aromatic heterocycles. The first kappa shape index (κ1) is 12.0. The maximum absolute atomic E-state index is 5.88. The van der Waals surface area contributed by atoms with Gasteiger partial charge in [0.2, 0.25) is 0 Å². The van der Waals surface area contributed by atoms with Gasteiger partial charge in [0, 0.05) is 17.3 Å². The van der Waals surface area contributed by atoms with E-state index in [4.69, 9.17) is 5.73 Å². The topological polar surface area (TPSA) is 79.1 Å². The lowest BCUT2D eigenvalue weighted by Gasteiger charge is -2.23. The van der Waals surface area contributed by atoms with Crippen LogP contribution in [0.5, 0.6) is 0 Å². The highest BCUT2D eigenvalue weighted by Crippen LogP contribution is 2.17. The van der Waals surface area contributed by atoms with E-state index in [1.54, 1.807) is 6.20 Å². The first-order valence-corrected chi connectivity index (χ1v) is 6.31. The molecule has 1 aliphatic rings. The normalized spacial score (nSPS) is 18.3. The molecule has 17 heavy (non-hydrogen) atoms. The van der Waals surface area contributed by atoms with Crippen LogP contribution in [-0.4, -0.2) is 22.2 Å². The Bertz CT molecular complexity index is 376. The molecule has 5 heteroatoms. The Morgan fingerprint density at radius 1 is 1.53 bits per heavy atom. The van der Waals surface area contributed by atoms with Crippen LogP contribution in [0.1, 0.15) is 43.4 Å². The number of hydrogen-bond donors (Lipinski definition) is 3. The number of hydrogen-bond acceptors (Lipinski definition) is 2. The Balaban J connectivity index is 1.82. The molecule has 1 fully saturated rings. The van der Waals surface area contributed by atoms with Crippen molar-refractivity contribution in [3.63, 3.8) is 0 Å². The van der Waals surface area contributed by atoms with Gasteiger partial charge in [0.25, 0.3) is 0 Å². The predicted molar refractivity (Wildman–Crippen MR) is 68.7 cm³/mol. The first-order valence-electron chi connectivity index (χ1n) is 6.31. The van der Waals surface area contributed by atoms with E-state index in [1.165, 1.54) is 32.1 Å². The highest BCUT2D eigenvalue weighted by Gasteiger charge is 2.13. The van der Waals surface area contributed by atoms with Crippen molar-refractivity contribution in [2.24, 2.45) is 10.7 Å². The largest absolute Gasteiger partial charge is 0.370 e. The molecule has 0 amide bonds. The maximum Gasteiger partial charge on any atom is 0.189 e. The Morgan fingerprint density at radius 2 is 2.29 bits per heavy atom. The summed E-state index contributed by atoms with van der Waals surface area (Å²) in [6.07, 6.45) is 8.16. The van der Waals surface area contributed by atoms with Gasteiger partial charge in [-0.05, 0) is 19.8 Å². The van der Waals surface area contributed by atoms with Crippen LogP contribution < -0.4 is 11.1 Å². The van der Waals surface area contributed by atoms with Crippen molar-refractivity contribution in [2.75, 3.05) is 0 Å². The summed E-state index contributed by atoms with van der Waals surface area (Å²) < 4.78 is 0. The van der Waals surface area contributed by atoms with Crippen LogP contribution in [0.15, 0.2) is 11.2 Å². The number of aliphatic imine (C=N–C) groups is 1. The second kappa shape index (κ2) is 5.70. The van der Waals surface area contributed by atoms with Crippen LogP contribution >= 0.6 is 0 Å². The van der Waals surface area contributed by atoms with Gasteiger partial charge in [0.1, 0.15) is 0 Å². The van der Waals surface area contributed by atoms with Crippen molar-refractivity contribution in [2.45, 2.75) is 51.6 Å². The van der Waals surface area contributed by atoms with Crippen LogP contribution in [0.2, 0.25) is 0 Å². The number of guanidine groups is 1. The second-order valence-corrected chi connectivity index (χ2v) is 4.70. The number of aryl methyl sites for hydroxylation is 1. The SMILES string of the molecule is Cc1[nH]ncc1CN=C(N)NC1CCCCC1. The summed E-state index contributed by atoms with van der Waals surface area (Å²) in [4.78, 5) is 4.34. The zero-order valence-corrected chi connectivity index (χ0v) is 10.4. The lowest BCUT2D eigenvalue weighted by Crippen LogP contribution is -2.41. The Kier molecular flexibility index (Phi) is 4.01. The fourth-order valence-corrected chi connectivity index (χ4v) is 2.21. The van der Waals surface area contributed by atoms with Gasteiger partial charge in [-0.15, -0.1) is 0 Å². The number of H-pyrrole nitrogens is 1. The molecule has 1 saturated carbocycles. The molecule has 0 aromatic carbocycles. The quantitative estimate of drug-likeness (QED) is 0.548. The Hall–Kier alpha value is -1.52. The monoisotopic (exact) mass is 235 g/mol. The summed E-state index contributed by atoms with van der Waals surface area (Å²) in [5.41, 5.74) is 8.03. The highest BCUT2D eigenvalue weighted by atomic mass is 15.1. The third kappa shape index (κ3) is 3.47. The van der Waals surface area contributed by atoms with E-state index in [1.807, 2.05) is 6.92 Å². The number of aromatic amines is 1. The first-order chi connectivity index (χ1) is 8.25. The minimum atomic E-state index is 0.512. The molecule has 5 nitrogen and oxygen atoms in total. The van der Waals surface area contributed by atoms with Crippen molar-refractivity contribution in [3.8, 4) is 0 Å². The molecule has 0 unspecified atom stereocenters. The minimum absolute atomic E-state index is 0.512. The third-order valence-electron chi connectivity index (χ3n) is 3.31. The van der Waals surface area contributed by atoms with Gasteiger partial charge >= 0.3 is 0 Å². The minimum Gasteiger partial charge on any atom is -0.370 e. The van der Waals surface area contributed by atoms with Crippen LogP contribution in [0.4, 0.5) is 0 Å². The number of nitrogens with two attached hydrogens (primary N) is 1. The van der Waals surface area contributed by atoms with Gasteiger partial charge < -0.3 is 11.1 Å². The van der Waals surface area contributed by atoms with Crippen LogP contribution in [0, 0.1) is 6.92 Å². The number of aromatic nitrogens is 2. The molecular weight excluding hydrogens is 214 g/mol. The van der Waals surface area contributed by atoms with Crippen molar-refractivity contribution < 1.29 is 0 Å². The van der Waals surface area contributed by atoms with Crippen molar-refractivity contribution in [1.82, 2.24) is 15.5 Å². The lowest BCUT2D eigenvalue weighted by molar-refractivity contribution is 0.412. The Morgan fingerprint density at radius 3 is 2.94 bits per heavy atom. The molecule has 0 aliphatic heterocycles. The van der Waals surface area contributed by atoms with Crippen LogP contribution in [-0.2, 0) is 6.54 Å². The average Bonchev–Trinajstić information content (AvgIpc) is 2.74. The van der Waals surface area contributed by atoms with Gasteiger partial charge in [-0.25, -0.2) is 4.99 Å². The number of nitrogens with one attached hydrogen (secondary N) is 2. The molecule has 0 spiro atoms. The van der Waals surface area contributed by atoms with E-state index < -0.39 is 0 Å². The summed E-state index contributed by atoms with van der Waals surface area (Å²) in [5, 5.41) is 10.2. The molecule has 2 rings (SSSR count). The molecule has 94 valence electrons. The van der Waals surface area contributed by atoms with E-state index >= 15 is 0 Å². The van der Waals surface area contributed by atoms with E-state index in [9.17, 15) is 0 Å². The fourth-order valence-electron chi connectivity index (χ4n) is 2.21. The van der Waals surface area contributed by atoms with Crippen molar-refractivity contribution >= 4 is 5.96 Å². The molecule has 1 aromatic rings. The maximum atomic E-state index is 5.88. The van der Waals surface area contributed by atoms with Crippen molar-refractivity contribution in [1.29, 1.82) is 0 Å². The molecule has 0 saturated heterocycles. The van der Waals surface area contributed by atoms with Gasteiger partial charge in [-0.2, -0.15) is 5.10 Å². The van der Waals surface area contributed by atoms with Gasteiger partial charge in [-0.1, -0.05) is 19.3 Å². The molecular formula is C12H21N5. The molecule has 0 radical (unpaired) electrons. The zero-order chi connectivity index (χ0) is 12.1. The molecule has 0 atom stereocenters.